The smallest absolute Gasteiger partial charge is 0.258 e. The van der Waals surface area contributed by atoms with Crippen LogP contribution in [-0.4, -0.2) is 33.4 Å². The molecule has 1 aromatic rings. The second-order valence-corrected chi connectivity index (χ2v) is 8.71. The van der Waals surface area contributed by atoms with Crippen molar-refractivity contribution in [2.45, 2.75) is 17.7 Å². The zero-order valence-electron chi connectivity index (χ0n) is 11.0. The third-order valence-corrected chi connectivity index (χ3v) is 6.79. The second-order valence-electron chi connectivity index (χ2n) is 4.17. The minimum atomic E-state index is -4.55. The van der Waals surface area contributed by atoms with Crippen molar-refractivity contribution >= 4 is 48.9 Å². The molecule has 0 saturated carbocycles. The monoisotopic (exact) mass is 390 g/mol. The summed E-state index contributed by atoms with van der Waals surface area (Å²) in [5, 5.41) is 10.3. The van der Waals surface area contributed by atoms with Crippen LogP contribution >= 0.6 is 23.2 Å². The van der Waals surface area contributed by atoms with Crippen LogP contribution in [0.3, 0.4) is 0 Å². The lowest BCUT2D eigenvalue weighted by molar-refractivity contribution is -0.385. The molecular weight excluding hydrogens is 379 g/mol. The van der Waals surface area contributed by atoms with Crippen LogP contribution in [0.2, 0.25) is 5.02 Å². The van der Waals surface area contributed by atoms with Gasteiger partial charge in [0.05, 0.1) is 15.7 Å². The molecule has 124 valence electrons. The molecule has 22 heavy (non-hydrogen) atoms. The molecule has 0 aliphatic rings. The van der Waals surface area contributed by atoms with Crippen molar-refractivity contribution in [3.05, 3.63) is 33.3 Å². The Bertz CT molecular complexity index is 764. The zero-order chi connectivity index (χ0) is 17.0. The number of rotatable bonds is 8. The zero-order valence-corrected chi connectivity index (χ0v) is 14.2. The van der Waals surface area contributed by atoms with Gasteiger partial charge in [0.15, 0.2) is 0 Å². The summed E-state index contributed by atoms with van der Waals surface area (Å²) < 4.78 is 49.0. The van der Waals surface area contributed by atoms with E-state index < -0.39 is 41.3 Å². The summed E-state index contributed by atoms with van der Waals surface area (Å²) in [6.45, 7) is 0. The number of unbranched alkanes of at least 4 members (excludes halogenated alkanes) is 1. The first-order chi connectivity index (χ1) is 10.1. The van der Waals surface area contributed by atoms with Gasteiger partial charge in [0, 0.05) is 18.0 Å². The summed E-state index contributed by atoms with van der Waals surface area (Å²) in [5.41, 5.74) is -0.524. The van der Waals surface area contributed by atoms with Gasteiger partial charge < -0.3 is 0 Å². The number of hydrogen-bond acceptors (Lipinski definition) is 6. The third kappa shape index (κ3) is 5.36. The number of sulfonamides is 2. The Morgan fingerprint density at radius 3 is 2.36 bits per heavy atom. The molecule has 1 rings (SSSR count). The number of nitrogens with zero attached hydrogens (tertiary/aromatic N) is 1. The van der Waals surface area contributed by atoms with E-state index in [1.54, 1.807) is 0 Å². The Balaban J connectivity index is 3.09. The maximum atomic E-state index is 12.1. The van der Waals surface area contributed by atoms with Crippen molar-refractivity contribution in [1.82, 2.24) is 4.13 Å². The maximum Gasteiger partial charge on any atom is 0.270 e. The Morgan fingerprint density at radius 1 is 1.18 bits per heavy atom. The molecule has 0 unspecified atom stereocenters. The highest BCUT2D eigenvalue weighted by atomic mass is 35.5. The summed E-state index contributed by atoms with van der Waals surface area (Å²) in [4.78, 5) is 9.18. The Morgan fingerprint density at radius 2 is 1.82 bits per heavy atom. The van der Waals surface area contributed by atoms with Gasteiger partial charge in [0.2, 0.25) is 10.0 Å². The fraction of sp³-hybridized carbons (Fsp3) is 0.400. The van der Waals surface area contributed by atoms with Gasteiger partial charge in [-0.3, -0.25) is 10.1 Å². The van der Waals surface area contributed by atoms with Gasteiger partial charge in [0.25, 0.3) is 15.7 Å². The molecule has 8 nitrogen and oxygen atoms in total. The number of non-ortho nitro benzene ring substituents is 1. The van der Waals surface area contributed by atoms with Crippen molar-refractivity contribution in [2.24, 2.45) is 0 Å². The summed E-state index contributed by atoms with van der Waals surface area (Å²) in [7, 11) is -8.68. The lowest BCUT2D eigenvalue weighted by Gasteiger charge is -2.09. The van der Waals surface area contributed by atoms with Gasteiger partial charge in [-0.25, -0.2) is 16.8 Å². The van der Waals surface area contributed by atoms with Crippen molar-refractivity contribution in [1.29, 1.82) is 0 Å². The second kappa shape index (κ2) is 7.55. The molecule has 0 aliphatic heterocycles. The molecule has 0 atom stereocenters. The summed E-state index contributed by atoms with van der Waals surface area (Å²) in [6, 6.07) is 2.71. The largest absolute Gasteiger partial charge is 0.270 e. The first-order valence-electron chi connectivity index (χ1n) is 5.85. The van der Waals surface area contributed by atoms with E-state index in [2.05, 4.69) is 0 Å². The van der Waals surface area contributed by atoms with Gasteiger partial charge >= 0.3 is 0 Å². The van der Waals surface area contributed by atoms with Gasteiger partial charge in [-0.2, -0.15) is 0 Å². The summed E-state index contributed by atoms with van der Waals surface area (Å²) >= 11 is 11.1. The Hall–Kier alpha value is -0.940. The van der Waals surface area contributed by atoms with Crippen LogP contribution in [0.4, 0.5) is 5.69 Å². The van der Waals surface area contributed by atoms with Crippen LogP contribution < -0.4 is 4.13 Å². The lowest BCUT2D eigenvalue weighted by Crippen LogP contribution is -2.32. The predicted octanol–water partition coefficient (Wildman–Crippen LogP) is 1.88. The molecule has 0 bridgehead atoms. The molecule has 0 fully saturated rings. The minimum Gasteiger partial charge on any atom is -0.258 e. The molecule has 1 aromatic carbocycles. The quantitative estimate of drug-likeness (QED) is 0.312. The van der Waals surface area contributed by atoms with Gasteiger partial charge in [-0.1, -0.05) is 11.6 Å². The summed E-state index contributed by atoms with van der Waals surface area (Å²) in [6.07, 6.45) is 0.580. The van der Waals surface area contributed by atoms with E-state index in [1.807, 2.05) is 0 Å². The normalized spacial score (nSPS) is 12.3. The van der Waals surface area contributed by atoms with Crippen LogP contribution in [0.5, 0.6) is 0 Å². The number of halogens is 2. The van der Waals surface area contributed by atoms with Gasteiger partial charge in [-0.05, 0) is 18.9 Å². The van der Waals surface area contributed by atoms with Gasteiger partial charge in [0.1, 0.15) is 4.90 Å². The number of hydrogen-bond donors (Lipinski definition) is 1. The highest BCUT2D eigenvalue weighted by Gasteiger charge is 2.26. The van der Waals surface area contributed by atoms with E-state index in [0.717, 1.165) is 12.1 Å². The van der Waals surface area contributed by atoms with Crippen LogP contribution in [0.15, 0.2) is 23.1 Å². The van der Waals surface area contributed by atoms with Crippen molar-refractivity contribution in [3.63, 3.8) is 0 Å². The highest BCUT2D eigenvalue weighted by molar-refractivity contribution is 8.04. The first-order valence-corrected chi connectivity index (χ1v) is 9.90. The van der Waals surface area contributed by atoms with Crippen LogP contribution in [0.25, 0.3) is 0 Å². The predicted molar refractivity (Wildman–Crippen MR) is 82.2 cm³/mol. The fourth-order valence-corrected chi connectivity index (χ4v) is 5.28. The number of benzene rings is 1. The molecule has 0 amide bonds. The Kier molecular flexibility index (Phi) is 6.56. The third-order valence-electron chi connectivity index (χ3n) is 2.45. The number of nitrogens with one attached hydrogen (secondary N) is 1. The molecule has 0 saturated heterocycles. The molecule has 1 N–H and O–H groups in total. The molecule has 0 aromatic heterocycles. The molecule has 12 heteroatoms. The molecular formula is C10H12Cl2N2O6S2. The van der Waals surface area contributed by atoms with E-state index in [0.29, 0.717) is 12.5 Å². The van der Waals surface area contributed by atoms with E-state index in [1.165, 1.54) is 4.13 Å². The average Bonchev–Trinajstić information content (AvgIpc) is 2.37. The van der Waals surface area contributed by atoms with Crippen LogP contribution in [-0.2, 0) is 20.0 Å². The maximum absolute atomic E-state index is 12.1. The standard InChI is InChI=1S/C10H12Cl2N2O6S2/c11-5-1-2-6-21(17,18)13-22(19,20)10-7-8(14(15)16)3-4-9(10)12/h3-4,7,13H,1-2,5-6H2. The topological polar surface area (TPSA) is 123 Å². The van der Waals surface area contributed by atoms with Crippen molar-refractivity contribution in [2.75, 3.05) is 11.6 Å². The molecule has 0 aliphatic carbocycles. The number of nitro benzene ring substituents is 1. The van der Waals surface area contributed by atoms with Crippen molar-refractivity contribution < 1.29 is 21.8 Å². The Labute approximate surface area is 137 Å². The molecule has 0 radical (unpaired) electrons. The van der Waals surface area contributed by atoms with Crippen LogP contribution in [0.1, 0.15) is 12.8 Å². The van der Waals surface area contributed by atoms with Gasteiger partial charge in [-0.15, -0.1) is 15.7 Å². The van der Waals surface area contributed by atoms with E-state index in [9.17, 15) is 26.9 Å². The van der Waals surface area contributed by atoms with E-state index in [-0.39, 0.29) is 17.3 Å². The van der Waals surface area contributed by atoms with E-state index in [4.69, 9.17) is 23.2 Å². The molecule has 0 heterocycles. The first kappa shape index (κ1) is 19.1. The fourth-order valence-electron chi connectivity index (χ4n) is 1.45. The number of alkyl halides is 1. The van der Waals surface area contributed by atoms with E-state index >= 15 is 0 Å². The highest BCUT2D eigenvalue weighted by Crippen LogP contribution is 2.26. The van der Waals surface area contributed by atoms with Crippen LogP contribution in [0, 0.1) is 10.1 Å². The number of nitro groups is 1. The van der Waals surface area contributed by atoms with Crippen molar-refractivity contribution in [3.8, 4) is 0 Å². The average molecular weight is 391 g/mol. The molecule has 0 spiro atoms. The summed E-state index contributed by atoms with van der Waals surface area (Å²) in [5.74, 6) is -0.190. The minimum absolute atomic E-state index is 0.178. The lowest BCUT2D eigenvalue weighted by atomic mass is 10.3. The SMILES string of the molecule is O=[N+]([O-])c1ccc(Cl)c(S(=O)(=O)NS(=O)(=O)CCCCCl)c1.